The monoisotopic (exact) mass is 615 g/mol. The number of aliphatic hydroxyl groups excluding tert-OH is 1. The van der Waals surface area contributed by atoms with Gasteiger partial charge in [-0.1, -0.05) is 68.5 Å². The van der Waals surface area contributed by atoms with E-state index in [9.17, 15) is 14.7 Å². The molecule has 0 saturated carbocycles. The lowest BCUT2D eigenvalue weighted by Gasteiger charge is -2.42. The smallest absolute Gasteiger partial charge is 0.251 e. The van der Waals surface area contributed by atoms with E-state index in [1.807, 2.05) is 74.2 Å². The highest BCUT2D eigenvalue weighted by atomic mass is 32.2. The molecule has 3 heterocycles. The SMILES string of the molecule is C=CCN(CCC)C(=O)[C@@H]1[C@H]2C(=O)N([C@H](CO)c3ccccc3)C(C(=O)N(CC=C)c3cc(C)ccc3C)C23S[C@@H]1CC3C. The van der Waals surface area contributed by atoms with Crippen molar-refractivity contribution < 1.29 is 19.5 Å². The molecule has 3 aliphatic heterocycles. The van der Waals surface area contributed by atoms with E-state index in [4.69, 9.17) is 0 Å². The lowest BCUT2D eigenvalue weighted by molar-refractivity contribution is -0.145. The Morgan fingerprint density at radius 3 is 2.45 bits per heavy atom. The first-order valence-electron chi connectivity index (χ1n) is 15.7. The second-order valence-corrected chi connectivity index (χ2v) is 14.1. The second-order valence-electron chi connectivity index (χ2n) is 12.5. The number of rotatable bonds is 12. The summed E-state index contributed by atoms with van der Waals surface area (Å²) in [5, 5.41) is 10.8. The van der Waals surface area contributed by atoms with Gasteiger partial charge in [0, 0.05) is 30.6 Å². The van der Waals surface area contributed by atoms with Crippen LogP contribution in [-0.2, 0) is 14.4 Å². The van der Waals surface area contributed by atoms with Crippen LogP contribution in [0.2, 0.25) is 0 Å². The first-order chi connectivity index (χ1) is 21.2. The first-order valence-corrected chi connectivity index (χ1v) is 16.6. The number of fused-ring (bicyclic) bond motifs is 1. The summed E-state index contributed by atoms with van der Waals surface area (Å²) >= 11 is 1.66. The molecule has 2 bridgehead atoms. The number of anilines is 1. The number of likely N-dealkylation sites (tertiary alicyclic amines) is 1. The summed E-state index contributed by atoms with van der Waals surface area (Å²) in [5.41, 5.74) is 3.50. The summed E-state index contributed by atoms with van der Waals surface area (Å²) in [7, 11) is 0. The van der Waals surface area contributed by atoms with Crippen LogP contribution in [0.5, 0.6) is 0 Å². The molecule has 7 atom stereocenters. The predicted molar refractivity (Wildman–Crippen MR) is 177 cm³/mol. The maximum atomic E-state index is 15.2. The molecule has 3 fully saturated rings. The van der Waals surface area contributed by atoms with E-state index in [-0.39, 0.29) is 42.0 Å². The zero-order valence-corrected chi connectivity index (χ0v) is 27.1. The van der Waals surface area contributed by atoms with Crippen LogP contribution in [0.15, 0.2) is 73.8 Å². The van der Waals surface area contributed by atoms with Crippen molar-refractivity contribution in [2.45, 2.75) is 62.6 Å². The van der Waals surface area contributed by atoms with Gasteiger partial charge in [0.2, 0.25) is 11.8 Å². The second kappa shape index (κ2) is 12.9. The maximum absolute atomic E-state index is 15.2. The van der Waals surface area contributed by atoms with Crippen LogP contribution in [0.3, 0.4) is 0 Å². The number of hydrogen-bond acceptors (Lipinski definition) is 5. The van der Waals surface area contributed by atoms with Crippen LogP contribution in [0.25, 0.3) is 0 Å². The van der Waals surface area contributed by atoms with Gasteiger partial charge in [-0.15, -0.1) is 24.9 Å². The molecule has 3 saturated heterocycles. The zero-order valence-electron chi connectivity index (χ0n) is 26.3. The molecule has 3 amide bonds. The van der Waals surface area contributed by atoms with Crippen molar-refractivity contribution in [3.8, 4) is 0 Å². The summed E-state index contributed by atoms with van der Waals surface area (Å²) in [6, 6.07) is 13.8. The number of carbonyl (C=O) groups is 3. The average Bonchev–Trinajstić information content (AvgIpc) is 3.61. The van der Waals surface area contributed by atoms with Crippen LogP contribution < -0.4 is 4.90 Å². The van der Waals surface area contributed by atoms with Gasteiger partial charge in [0.15, 0.2) is 0 Å². The fourth-order valence-corrected chi connectivity index (χ4v) is 10.3. The Morgan fingerprint density at radius 2 is 1.82 bits per heavy atom. The average molecular weight is 616 g/mol. The summed E-state index contributed by atoms with van der Waals surface area (Å²) in [5.74, 6) is -1.67. The van der Waals surface area contributed by atoms with Crippen molar-refractivity contribution in [1.29, 1.82) is 0 Å². The number of nitrogens with zero attached hydrogens (tertiary/aromatic N) is 3. The Morgan fingerprint density at radius 1 is 1.11 bits per heavy atom. The highest BCUT2D eigenvalue weighted by Gasteiger charge is 2.77. The van der Waals surface area contributed by atoms with Gasteiger partial charge in [-0.2, -0.15) is 0 Å². The van der Waals surface area contributed by atoms with Gasteiger partial charge < -0.3 is 19.8 Å². The van der Waals surface area contributed by atoms with E-state index in [0.717, 1.165) is 35.2 Å². The number of amides is 3. The largest absolute Gasteiger partial charge is 0.394 e. The van der Waals surface area contributed by atoms with Gasteiger partial charge >= 0.3 is 0 Å². The Kier molecular flexibility index (Phi) is 9.42. The molecule has 3 aliphatic rings. The van der Waals surface area contributed by atoms with E-state index in [2.05, 4.69) is 20.1 Å². The van der Waals surface area contributed by atoms with Crippen molar-refractivity contribution in [2.75, 3.05) is 31.1 Å². The molecular formula is C36H45N3O4S. The van der Waals surface area contributed by atoms with Crippen molar-refractivity contribution in [3.05, 3.63) is 90.5 Å². The molecule has 5 rings (SSSR count). The molecule has 2 aromatic carbocycles. The van der Waals surface area contributed by atoms with Gasteiger partial charge in [-0.25, -0.2) is 0 Å². The van der Waals surface area contributed by atoms with Crippen molar-refractivity contribution in [2.24, 2.45) is 17.8 Å². The van der Waals surface area contributed by atoms with Gasteiger partial charge in [0.1, 0.15) is 6.04 Å². The Balaban J connectivity index is 1.69. The van der Waals surface area contributed by atoms with E-state index < -0.39 is 28.7 Å². The standard InChI is InChI=1S/C36H45N3O4S/c1-7-17-37(18-8-2)33(41)30-29-21-25(6)36(44-29)31(30)34(42)39(28(22-40)26-13-11-10-12-14-26)32(36)35(43)38(19-9-3)27-20-23(4)15-16-24(27)5/h7,9-16,20,25,28-32,40H,1,3,8,17-19,21-22H2,2,4-6H3/t25?,28-,29-,30+,31+,32?,36?/m1/s1. The van der Waals surface area contributed by atoms with E-state index in [1.54, 1.807) is 33.7 Å². The number of carbonyl (C=O) groups excluding carboxylic acids is 3. The van der Waals surface area contributed by atoms with Gasteiger partial charge in [0.05, 0.1) is 29.2 Å². The molecule has 0 aromatic heterocycles. The first kappa shape index (κ1) is 32.0. The van der Waals surface area contributed by atoms with Gasteiger partial charge in [-0.3, -0.25) is 14.4 Å². The highest BCUT2D eigenvalue weighted by molar-refractivity contribution is 8.02. The lowest BCUT2D eigenvalue weighted by Crippen LogP contribution is -2.58. The highest BCUT2D eigenvalue weighted by Crippen LogP contribution is 2.69. The van der Waals surface area contributed by atoms with Gasteiger partial charge in [0.25, 0.3) is 5.91 Å². The number of aliphatic hydroxyl groups is 1. The predicted octanol–water partition coefficient (Wildman–Crippen LogP) is 5.32. The Hall–Kier alpha value is -3.36. The van der Waals surface area contributed by atoms with E-state index in [1.165, 1.54) is 0 Å². The molecule has 3 unspecified atom stereocenters. The minimum Gasteiger partial charge on any atom is -0.394 e. The topological polar surface area (TPSA) is 81.2 Å². The molecule has 1 spiro atoms. The van der Waals surface area contributed by atoms with E-state index >= 15 is 4.79 Å². The van der Waals surface area contributed by atoms with Gasteiger partial charge in [-0.05, 0) is 55.4 Å². The van der Waals surface area contributed by atoms with Crippen LogP contribution in [0.4, 0.5) is 5.69 Å². The lowest BCUT2D eigenvalue weighted by atomic mass is 9.65. The van der Waals surface area contributed by atoms with Crippen LogP contribution >= 0.6 is 11.8 Å². The van der Waals surface area contributed by atoms with Crippen molar-refractivity contribution >= 4 is 35.2 Å². The fraction of sp³-hybridized carbons (Fsp3) is 0.472. The molecule has 0 aliphatic carbocycles. The fourth-order valence-electron chi connectivity index (χ4n) is 7.91. The summed E-state index contributed by atoms with van der Waals surface area (Å²) < 4.78 is -0.815. The summed E-state index contributed by atoms with van der Waals surface area (Å²) in [6.07, 6.45) is 4.99. The molecule has 44 heavy (non-hydrogen) atoms. The Labute approximate surface area is 266 Å². The van der Waals surface area contributed by atoms with Crippen LogP contribution in [0.1, 0.15) is 49.4 Å². The molecule has 234 valence electrons. The van der Waals surface area contributed by atoms with Crippen LogP contribution in [0, 0.1) is 31.6 Å². The third kappa shape index (κ3) is 5.10. The third-order valence-corrected chi connectivity index (χ3v) is 11.9. The molecule has 1 N–H and O–H groups in total. The minimum absolute atomic E-state index is 0.00721. The molecule has 7 nitrogen and oxygen atoms in total. The quantitative estimate of drug-likeness (QED) is 0.327. The molecule has 0 radical (unpaired) electrons. The van der Waals surface area contributed by atoms with Crippen LogP contribution in [-0.4, -0.2) is 74.9 Å². The van der Waals surface area contributed by atoms with Crippen molar-refractivity contribution in [3.63, 3.8) is 0 Å². The number of hydrogen-bond donors (Lipinski definition) is 1. The number of thioether (sulfide) groups is 1. The molecule has 8 heteroatoms. The van der Waals surface area contributed by atoms with E-state index in [0.29, 0.717) is 13.1 Å². The summed E-state index contributed by atoms with van der Waals surface area (Å²) in [4.78, 5) is 49.6. The number of benzene rings is 2. The maximum Gasteiger partial charge on any atom is 0.251 e. The minimum atomic E-state index is -0.876. The summed E-state index contributed by atoms with van der Waals surface area (Å²) in [6.45, 7) is 16.9. The third-order valence-electron chi connectivity index (χ3n) is 9.78. The zero-order chi connectivity index (χ0) is 31.8. The molecular weight excluding hydrogens is 570 g/mol. The number of aryl methyl sites for hydroxylation is 2. The molecule has 2 aromatic rings. The van der Waals surface area contributed by atoms with Crippen molar-refractivity contribution in [1.82, 2.24) is 9.80 Å². The normalized spacial score (nSPS) is 27.6. The Bertz CT molecular complexity index is 1430.